The van der Waals surface area contributed by atoms with Crippen LogP contribution >= 0.6 is 11.8 Å². The summed E-state index contributed by atoms with van der Waals surface area (Å²) >= 11 is 1.30. The van der Waals surface area contributed by atoms with Crippen molar-refractivity contribution in [3.63, 3.8) is 0 Å². The number of hydrogen-bond acceptors (Lipinski definition) is 6. The lowest BCUT2D eigenvalue weighted by molar-refractivity contribution is -0.113. The first-order chi connectivity index (χ1) is 17.0. The number of carbonyl (C=O) groups is 1. The van der Waals surface area contributed by atoms with Gasteiger partial charge in [-0.1, -0.05) is 42.1 Å². The van der Waals surface area contributed by atoms with Crippen molar-refractivity contribution in [3.05, 3.63) is 95.2 Å². The van der Waals surface area contributed by atoms with Gasteiger partial charge in [-0.2, -0.15) is 14.0 Å². The van der Waals surface area contributed by atoms with E-state index in [9.17, 15) is 18.8 Å². The van der Waals surface area contributed by atoms with E-state index in [1.807, 2.05) is 24.3 Å². The van der Waals surface area contributed by atoms with Gasteiger partial charge in [0.25, 0.3) is 5.91 Å². The zero-order chi connectivity index (χ0) is 24.8. The van der Waals surface area contributed by atoms with E-state index < -0.39 is 6.61 Å². The van der Waals surface area contributed by atoms with Crippen LogP contribution in [-0.2, 0) is 10.5 Å². The molecule has 0 spiro atoms. The topological polar surface area (TPSA) is 74.9 Å². The van der Waals surface area contributed by atoms with Crippen LogP contribution in [0.15, 0.2) is 83.5 Å². The Balaban J connectivity index is 1.65. The van der Waals surface area contributed by atoms with Crippen LogP contribution in [-0.4, -0.2) is 24.8 Å². The molecule has 0 fully saturated rings. The Hall–Kier alpha value is -4.16. The summed E-state index contributed by atoms with van der Waals surface area (Å²) in [5.41, 5.74) is 2.79. The van der Waals surface area contributed by atoms with Crippen molar-refractivity contribution < 1.29 is 23.0 Å². The van der Waals surface area contributed by atoms with Gasteiger partial charge in [-0.25, -0.2) is 4.99 Å². The van der Waals surface area contributed by atoms with Gasteiger partial charge in [-0.3, -0.25) is 9.69 Å². The summed E-state index contributed by atoms with van der Waals surface area (Å²) in [6, 6.07) is 22.3. The first-order valence-corrected chi connectivity index (χ1v) is 11.4. The van der Waals surface area contributed by atoms with Gasteiger partial charge in [0.1, 0.15) is 17.2 Å². The highest BCUT2D eigenvalue weighted by Crippen LogP contribution is 2.32. The van der Waals surface area contributed by atoms with Crippen LogP contribution in [0.2, 0.25) is 0 Å². The molecule has 1 heterocycles. The van der Waals surface area contributed by atoms with E-state index >= 15 is 0 Å². The Bertz CT molecular complexity index is 1320. The first kappa shape index (κ1) is 24.0. The standard InChI is InChI=1S/C26H19F2N3O3S/c1-33-21-10-6-17(7-11-21)14-23-24(32)31(20-8-12-22(13-9-20)34-25(27)28)26(30-23)35-16-19-5-3-2-4-18(19)15-29/h2-14,25H,16H2,1H3/b23-14-. The Kier molecular flexibility index (Phi) is 7.43. The number of thioether (sulfide) groups is 1. The average Bonchev–Trinajstić information content (AvgIpc) is 3.18. The molecule has 1 amide bonds. The number of anilines is 1. The molecule has 1 aliphatic rings. The lowest BCUT2D eigenvalue weighted by Gasteiger charge is -2.18. The minimum absolute atomic E-state index is 0.0153. The van der Waals surface area contributed by atoms with Crippen LogP contribution in [0.25, 0.3) is 6.08 Å². The fourth-order valence-corrected chi connectivity index (χ4v) is 4.37. The maximum Gasteiger partial charge on any atom is 0.387 e. The fourth-order valence-electron chi connectivity index (χ4n) is 3.35. The molecule has 0 radical (unpaired) electrons. The molecular weight excluding hydrogens is 472 g/mol. The van der Waals surface area contributed by atoms with Gasteiger partial charge in [-0.15, -0.1) is 0 Å². The van der Waals surface area contributed by atoms with Gasteiger partial charge in [0, 0.05) is 5.75 Å². The van der Waals surface area contributed by atoms with Crippen molar-refractivity contribution in [1.82, 2.24) is 0 Å². The highest BCUT2D eigenvalue weighted by atomic mass is 32.2. The number of benzene rings is 3. The van der Waals surface area contributed by atoms with Gasteiger partial charge < -0.3 is 9.47 Å². The number of amides is 1. The number of amidine groups is 1. The molecule has 0 aromatic heterocycles. The van der Waals surface area contributed by atoms with E-state index in [1.54, 1.807) is 37.5 Å². The second-order valence-electron chi connectivity index (χ2n) is 7.27. The van der Waals surface area contributed by atoms with Gasteiger partial charge in [-0.05, 0) is 59.7 Å². The van der Waals surface area contributed by atoms with Gasteiger partial charge in [0.05, 0.1) is 24.4 Å². The third-order valence-electron chi connectivity index (χ3n) is 5.06. The number of rotatable bonds is 7. The summed E-state index contributed by atoms with van der Waals surface area (Å²) in [5.74, 6) is 0.723. The molecule has 6 nitrogen and oxygen atoms in total. The van der Waals surface area contributed by atoms with Crippen LogP contribution in [0.5, 0.6) is 11.5 Å². The summed E-state index contributed by atoms with van der Waals surface area (Å²) in [6.07, 6.45) is 1.67. The zero-order valence-corrected chi connectivity index (χ0v) is 19.3. The largest absolute Gasteiger partial charge is 0.497 e. The lowest BCUT2D eigenvalue weighted by atomic mass is 10.1. The Morgan fingerprint density at radius 1 is 1.06 bits per heavy atom. The summed E-state index contributed by atoms with van der Waals surface area (Å²) < 4.78 is 34.6. The molecule has 0 aliphatic carbocycles. The van der Waals surface area contributed by atoms with Crippen LogP contribution in [0.1, 0.15) is 16.7 Å². The maximum atomic E-state index is 13.3. The van der Waals surface area contributed by atoms with Gasteiger partial charge in [0.15, 0.2) is 5.17 Å². The van der Waals surface area contributed by atoms with Crippen LogP contribution < -0.4 is 14.4 Å². The zero-order valence-electron chi connectivity index (χ0n) is 18.5. The van der Waals surface area contributed by atoms with Crippen LogP contribution in [0.3, 0.4) is 0 Å². The van der Waals surface area contributed by atoms with E-state index in [0.29, 0.717) is 27.9 Å². The van der Waals surface area contributed by atoms with Crippen LogP contribution in [0, 0.1) is 11.3 Å². The van der Waals surface area contributed by atoms with E-state index in [2.05, 4.69) is 15.8 Å². The Morgan fingerprint density at radius 3 is 2.40 bits per heavy atom. The number of methoxy groups -OCH3 is 1. The van der Waals surface area contributed by atoms with E-state index in [1.165, 1.54) is 40.9 Å². The number of halogens is 2. The van der Waals surface area contributed by atoms with Crippen molar-refractivity contribution in [2.45, 2.75) is 12.4 Å². The number of nitriles is 1. The first-order valence-electron chi connectivity index (χ1n) is 10.4. The predicted molar refractivity (Wildman–Crippen MR) is 131 cm³/mol. The summed E-state index contributed by atoms with van der Waals surface area (Å²) in [6.45, 7) is -2.94. The predicted octanol–water partition coefficient (Wildman–Crippen LogP) is 5.85. The molecule has 35 heavy (non-hydrogen) atoms. The number of hydrogen-bond donors (Lipinski definition) is 0. The molecule has 4 rings (SSSR count). The molecule has 9 heteroatoms. The maximum absolute atomic E-state index is 13.3. The molecule has 3 aromatic carbocycles. The highest BCUT2D eigenvalue weighted by Gasteiger charge is 2.32. The Morgan fingerprint density at radius 2 is 1.74 bits per heavy atom. The molecule has 0 bridgehead atoms. The summed E-state index contributed by atoms with van der Waals surface area (Å²) in [7, 11) is 1.57. The molecule has 0 saturated heterocycles. The number of nitrogens with zero attached hydrogens (tertiary/aromatic N) is 3. The molecule has 1 aliphatic heterocycles. The fraction of sp³-hybridized carbons (Fsp3) is 0.115. The average molecular weight is 492 g/mol. The number of ether oxygens (including phenoxy) is 2. The molecule has 0 unspecified atom stereocenters. The molecule has 0 saturated carbocycles. The van der Waals surface area contributed by atoms with Crippen molar-refractivity contribution >= 4 is 34.6 Å². The molecule has 3 aromatic rings. The summed E-state index contributed by atoms with van der Waals surface area (Å²) in [4.78, 5) is 19.3. The molecule has 176 valence electrons. The van der Waals surface area contributed by atoms with Crippen molar-refractivity contribution in [1.29, 1.82) is 5.26 Å². The third kappa shape index (κ3) is 5.67. The quantitative estimate of drug-likeness (QED) is 0.388. The molecule has 0 N–H and O–H groups in total. The highest BCUT2D eigenvalue weighted by molar-refractivity contribution is 8.13. The molecular formula is C26H19F2N3O3S. The smallest absolute Gasteiger partial charge is 0.387 e. The lowest BCUT2D eigenvalue weighted by Crippen LogP contribution is -2.30. The van der Waals surface area contributed by atoms with E-state index in [4.69, 9.17) is 4.74 Å². The van der Waals surface area contributed by atoms with Crippen molar-refractivity contribution in [2.75, 3.05) is 12.0 Å². The second-order valence-corrected chi connectivity index (χ2v) is 8.21. The number of carbonyl (C=O) groups excluding carboxylic acids is 1. The second kappa shape index (κ2) is 10.8. The minimum Gasteiger partial charge on any atom is -0.497 e. The van der Waals surface area contributed by atoms with Crippen molar-refractivity contribution in [2.24, 2.45) is 4.99 Å². The van der Waals surface area contributed by atoms with Gasteiger partial charge >= 0.3 is 6.61 Å². The minimum atomic E-state index is -2.94. The van der Waals surface area contributed by atoms with E-state index in [0.717, 1.165) is 11.1 Å². The monoisotopic (exact) mass is 491 g/mol. The van der Waals surface area contributed by atoms with E-state index in [-0.39, 0.29) is 17.4 Å². The normalized spacial score (nSPS) is 14.3. The number of aliphatic imine (C=N–C) groups is 1. The number of alkyl halides is 2. The SMILES string of the molecule is COc1ccc(/C=C2\N=C(SCc3ccccc3C#N)N(c3ccc(OC(F)F)cc3)C2=O)cc1. The Labute approximate surface area is 205 Å². The van der Waals surface area contributed by atoms with Crippen molar-refractivity contribution in [3.8, 4) is 17.6 Å². The third-order valence-corrected chi connectivity index (χ3v) is 6.05. The van der Waals surface area contributed by atoms with Gasteiger partial charge in [0.2, 0.25) is 0 Å². The summed E-state index contributed by atoms with van der Waals surface area (Å²) in [5, 5.41) is 9.78. The molecule has 0 atom stereocenters. The van der Waals surface area contributed by atoms with Crippen LogP contribution in [0.4, 0.5) is 14.5 Å².